The zero-order chi connectivity index (χ0) is 34.1. The Hall–Kier alpha value is -6.43. The van der Waals surface area contributed by atoms with Gasteiger partial charge in [0.05, 0.1) is 17.8 Å². The summed E-state index contributed by atoms with van der Waals surface area (Å²) in [6.45, 7) is 0.431. The number of pyridine rings is 1. The monoisotopic (exact) mass is 672 g/mol. The fourth-order valence-electron chi connectivity index (χ4n) is 6.76. The normalized spacial score (nSPS) is 12.3. The molecule has 51 heavy (non-hydrogen) atoms. The molecule has 9 rings (SSSR count). The summed E-state index contributed by atoms with van der Waals surface area (Å²) in [5.41, 5.74) is 14.7. The number of hydrogen-bond donors (Lipinski definition) is 1. The third kappa shape index (κ3) is 5.94. The second-order valence-corrected chi connectivity index (χ2v) is 13.7. The minimum absolute atomic E-state index is 0.426. The topological polar surface area (TPSA) is 63.6 Å². The first-order valence-electron chi connectivity index (χ1n) is 17.0. The van der Waals surface area contributed by atoms with Crippen LogP contribution in [0.4, 0.5) is 0 Å². The van der Waals surface area contributed by atoms with Crippen LogP contribution in [0.2, 0.25) is 0 Å². The van der Waals surface area contributed by atoms with Crippen LogP contribution < -0.4 is 5.73 Å². The molecule has 0 unspecified atom stereocenters. The summed E-state index contributed by atoms with van der Waals surface area (Å²) in [4.78, 5) is 15.3. The van der Waals surface area contributed by atoms with Gasteiger partial charge in [0, 0.05) is 42.2 Å². The average molecular weight is 673 g/mol. The van der Waals surface area contributed by atoms with E-state index in [0.717, 1.165) is 44.6 Å². The zero-order valence-corrected chi connectivity index (χ0v) is 28.5. The molecule has 0 saturated heterocycles. The molecule has 0 amide bonds. The van der Waals surface area contributed by atoms with Crippen LogP contribution in [0.25, 0.3) is 64.2 Å². The van der Waals surface area contributed by atoms with E-state index in [-0.39, 0.29) is 0 Å². The summed E-state index contributed by atoms with van der Waals surface area (Å²) in [6.07, 6.45) is 0. The number of fused-ring (bicyclic) bond motifs is 6. The second-order valence-electron chi connectivity index (χ2n) is 12.6. The molecule has 5 heteroatoms. The zero-order valence-electron chi connectivity index (χ0n) is 27.7. The van der Waals surface area contributed by atoms with E-state index >= 15 is 0 Å². The lowest BCUT2D eigenvalue weighted by molar-refractivity contribution is 1.06. The minimum atomic E-state index is 0.426. The van der Waals surface area contributed by atoms with E-state index in [1.54, 1.807) is 0 Å². The minimum Gasteiger partial charge on any atom is -0.383 e. The molecular weight excluding hydrogens is 641 g/mol. The molecule has 0 bridgehead atoms. The van der Waals surface area contributed by atoms with E-state index < -0.39 is 0 Å². The van der Waals surface area contributed by atoms with Crippen molar-refractivity contribution in [3.8, 4) is 22.4 Å². The number of nitrogens with two attached hydrogens (primary N) is 1. The van der Waals surface area contributed by atoms with Crippen LogP contribution in [0.5, 0.6) is 0 Å². The highest BCUT2D eigenvalue weighted by molar-refractivity contribution is 7.26. The van der Waals surface area contributed by atoms with Crippen molar-refractivity contribution >= 4 is 64.9 Å². The van der Waals surface area contributed by atoms with Gasteiger partial charge in [0.1, 0.15) is 5.84 Å². The quantitative estimate of drug-likeness (QED) is 0.109. The molecule has 2 heterocycles. The van der Waals surface area contributed by atoms with Gasteiger partial charge in [-0.15, -0.1) is 11.3 Å². The lowest BCUT2D eigenvalue weighted by Crippen LogP contribution is -2.16. The number of benzene rings is 7. The number of rotatable bonds is 6. The van der Waals surface area contributed by atoms with Crippen LogP contribution in [0.1, 0.15) is 16.7 Å². The molecule has 0 aliphatic carbocycles. The van der Waals surface area contributed by atoms with Crippen molar-refractivity contribution in [2.75, 3.05) is 0 Å². The maximum absolute atomic E-state index is 6.55. The summed E-state index contributed by atoms with van der Waals surface area (Å²) in [5, 5.41) is 6.01. The van der Waals surface area contributed by atoms with Gasteiger partial charge in [-0.2, -0.15) is 0 Å². The van der Waals surface area contributed by atoms with Gasteiger partial charge < -0.3 is 5.73 Å². The Morgan fingerprint density at radius 3 is 2.04 bits per heavy atom. The van der Waals surface area contributed by atoms with Gasteiger partial charge in [0.15, 0.2) is 5.84 Å². The van der Waals surface area contributed by atoms with E-state index in [0.29, 0.717) is 18.2 Å². The van der Waals surface area contributed by atoms with E-state index in [1.807, 2.05) is 47.7 Å². The fraction of sp³-hybridized carbons (Fsp3) is 0.0217. The number of hydrogen-bond acceptors (Lipinski definition) is 3. The molecule has 4 nitrogen and oxygen atoms in total. The molecule has 2 aromatic heterocycles. The Kier molecular flexibility index (Phi) is 7.88. The standard InChI is InChI=1S/C46H32N4S/c47-45(33-15-5-2-6-16-33)50-46(34-24-22-32(23-25-34)31-13-3-1-4-14-31)48-29-30-12-11-19-37(26-30)43-42-38-20-9-10-21-41(38)51-44(42)39-27-35-17-7-8-18-36(35)28-40(39)49-43/h1-28H,29H2,(H2,47,48,50). The second kappa shape index (κ2) is 13.1. The van der Waals surface area contributed by atoms with E-state index in [9.17, 15) is 0 Å². The van der Waals surface area contributed by atoms with Crippen molar-refractivity contribution < 1.29 is 0 Å². The van der Waals surface area contributed by atoms with Crippen molar-refractivity contribution in [3.63, 3.8) is 0 Å². The Morgan fingerprint density at radius 1 is 0.569 bits per heavy atom. The molecular formula is C46H32N4S. The van der Waals surface area contributed by atoms with Crippen LogP contribution >= 0.6 is 11.3 Å². The molecule has 0 aliphatic heterocycles. The summed E-state index contributed by atoms with van der Waals surface area (Å²) >= 11 is 1.84. The molecule has 0 atom stereocenters. The van der Waals surface area contributed by atoms with Gasteiger partial charge in [-0.25, -0.2) is 9.98 Å². The summed E-state index contributed by atoms with van der Waals surface area (Å²) < 4.78 is 2.52. The Balaban J connectivity index is 1.14. The van der Waals surface area contributed by atoms with Crippen molar-refractivity contribution in [1.29, 1.82) is 0 Å². The molecule has 0 saturated carbocycles. The van der Waals surface area contributed by atoms with Crippen molar-refractivity contribution in [2.24, 2.45) is 15.7 Å². The third-order valence-corrected chi connectivity index (χ3v) is 10.5. The highest BCUT2D eigenvalue weighted by Gasteiger charge is 2.17. The highest BCUT2D eigenvalue weighted by Crippen LogP contribution is 2.43. The van der Waals surface area contributed by atoms with E-state index in [4.69, 9.17) is 20.7 Å². The molecule has 242 valence electrons. The summed E-state index contributed by atoms with van der Waals surface area (Å²) in [7, 11) is 0. The lowest BCUT2D eigenvalue weighted by Gasteiger charge is -2.10. The van der Waals surface area contributed by atoms with Crippen LogP contribution in [0.3, 0.4) is 0 Å². The predicted octanol–water partition coefficient (Wildman–Crippen LogP) is 11.4. The first-order chi connectivity index (χ1) is 25.2. The summed E-state index contributed by atoms with van der Waals surface area (Å²) in [5.74, 6) is 1.01. The Bertz CT molecular complexity index is 2760. The largest absolute Gasteiger partial charge is 0.383 e. The van der Waals surface area contributed by atoms with Crippen molar-refractivity contribution in [3.05, 3.63) is 187 Å². The van der Waals surface area contributed by atoms with Gasteiger partial charge in [-0.3, -0.25) is 4.99 Å². The molecule has 9 aromatic rings. The van der Waals surface area contributed by atoms with E-state index in [2.05, 4.69) is 133 Å². The molecule has 0 aliphatic rings. The molecule has 7 aromatic carbocycles. The van der Waals surface area contributed by atoms with Crippen LogP contribution in [-0.2, 0) is 6.54 Å². The number of aromatic nitrogens is 1. The Labute approximate surface area is 299 Å². The number of aliphatic imine (C=N–C) groups is 2. The Morgan fingerprint density at radius 2 is 1.24 bits per heavy atom. The van der Waals surface area contributed by atoms with Crippen LogP contribution in [0, 0.1) is 0 Å². The van der Waals surface area contributed by atoms with Crippen LogP contribution in [-0.4, -0.2) is 16.7 Å². The molecule has 0 fully saturated rings. The van der Waals surface area contributed by atoms with Gasteiger partial charge in [0.2, 0.25) is 0 Å². The average Bonchev–Trinajstić information content (AvgIpc) is 3.59. The lowest BCUT2D eigenvalue weighted by atomic mass is 9.99. The number of thiophene rings is 1. The number of nitrogens with zero attached hydrogens (tertiary/aromatic N) is 3. The van der Waals surface area contributed by atoms with E-state index in [1.165, 1.54) is 36.3 Å². The predicted molar refractivity (Wildman–Crippen MR) is 217 cm³/mol. The fourth-order valence-corrected chi connectivity index (χ4v) is 7.99. The third-order valence-electron chi connectivity index (χ3n) is 9.33. The van der Waals surface area contributed by atoms with Gasteiger partial charge in [-0.05, 0) is 51.7 Å². The highest BCUT2D eigenvalue weighted by atomic mass is 32.1. The first kappa shape index (κ1) is 30.6. The molecule has 2 N–H and O–H groups in total. The van der Waals surface area contributed by atoms with Crippen LogP contribution in [0.15, 0.2) is 180 Å². The van der Waals surface area contributed by atoms with Gasteiger partial charge >= 0.3 is 0 Å². The maximum Gasteiger partial charge on any atom is 0.157 e. The first-order valence-corrected chi connectivity index (χ1v) is 17.8. The van der Waals surface area contributed by atoms with Crippen molar-refractivity contribution in [1.82, 2.24) is 4.98 Å². The SMILES string of the molecule is NC(=NC(=NCc1cccc(-c2nc3cc4ccccc4cc3c3sc4ccccc4c23)c1)c1ccc(-c2ccccc2)cc1)c1ccccc1. The summed E-state index contributed by atoms with van der Waals surface area (Å²) in [6, 6.07) is 58.8. The maximum atomic E-state index is 6.55. The molecule has 0 spiro atoms. The van der Waals surface area contributed by atoms with Gasteiger partial charge in [-0.1, -0.05) is 146 Å². The smallest absolute Gasteiger partial charge is 0.157 e. The molecule has 0 radical (unpaired) electrons. The van der Waals surface area contributed by atoms with Crippen molar-refractivity contribution in [2.45, 2.75) is 6.54 Å². The number of amidine groups is 2. The van der Waals surface area contributed by atoms with Gasteiger partial charge in [0.25, 0.3) is 0 Å².